The normalized spacial score (nSPS) is 16.6. The molecule has 1 fully saturated rings. The molecule has 1 N–H and O–H groups in total. The van der Waals surface area contributed by atoms with E-state index < -0.39 is 17.8 Å². The first-order valence-corrected chi connectivity index (χ1v) is 7.97. The monoisotopic (exact) mass is 357 g/mol. The quantitative estimate of drug-likeness (QED) is 0.663. The molecule has 0 spiro atoms. The van der Waals surface area contributed by atoms with Crippen LogP contribution in [-0.4, -0.2) is 34.4 Å². The molecule has 0 saturated carbocycles. The highest BCUT2D eigenvalue weighted by Gasteiger charge is 2.33. The van der Waals surface area contributed by atoms with Crippen molar-refractivity contribution in [2.45, 2.75) is 13.8 Å². The molecule has 1 aromatic carbocycles. The number of likely N-dealkylation sites (N-methyl/N-ethyl adjacent to an activating group) is 1. The first-order valence-electron chi connectivity index (χ1n) is 7.59. The summed E-state index contributed by atoms with van der Waals surface area (Å²) < 4.78 is 2.00. The molecule has 1 aliphatic rings. The van der Waals surface area contributed by atoms with Gasteiger partial charge in [-0.15, -0.1) is 0 Å². The number of nitrogens with zero attached hydrogens (tertiary/aromatic N) is 2. The maximum absolute atomic E-state index is 12.2. The summed E-state index contributed by atoms with van der Waals surface area (Å²) in [6.45, 7) is 3.83. The summed E-state index contributed by atoms with van der Waals surface area (Å²) >= 11 is 5.94. The largest absolute Gasteiger partial charge is 0.331 e. The van der Waals surface area contributed by atoms with Gasteiger partial charge in [-0.2, -0.15) is 0 Å². The van der Waals surface area contributed by atoms with Crippen LogP contribution in [0.15, 0.2) is 35.9 Å². The smallest absolute Gasteiger partial charge is 0.318 e. The number of aryl methyl sites for hydroxylation is 1. The highest BCUT2D eigenvalue weighted by atomic mass is 35.5. The Morgan fingerprint density at radius 3 is 2.36 bits per heavy atom. The Hall–Kier alpha value is -2.86. The van der Waals surface area contributed by atoms with Gasteiger partial charge in [0.05, 0.1) is 0 Å². The lowest BCUT2D eigenvalue weighted by Crippen LogP contribution is -2.52. The van der Waals surface area contributed by atoms with Gasteiger partial charge in [0.25, 0.3) is 11.8 Å². The summed E-state index contributed by atoms with van der Waals surface area (Å²) in [6.07, 6.45) is 1.51. The minimum Gasteiger partial charge on any atom is -0.318 e. The van der Waals surface area contributed by atoms with E-state index in [1.807, 2.05) is 36.6 Å². The van der Waals surface area contributed by atoms with Gasteiger partial charge in [0.1, 0.15) is 5.57 Å². The van der Waals surface area contributed by atoms with Gasteiger partial charge in [0.2, 0.25) is 0 Å². The second-order valence-electron chi connectivity index (χ2n) is 5.82. The summed E-state index contributed by atoms with van der Waals surface area (Å²) in [5.74, 6) is -1.31. The van der Waals surface area contributed by atoms with E-state index in [1.54, 1.807) is 12.1 Å². The molecule has 0 radical (unpaired) electrons. The van der Waals surface area contributed by atoms with Gasteiger partial charge in [-0.1, -0.05) is 11.6 Å². The van der Waals surface area contributed by atoms with Crippen molar-refractivity contribution in [3.8, 4) is 5.69 Å². The van der Waals surface area contributed by atoms with E-state index in [1.165, 1.54) is 13.1 Å². The number of barbiturate groups is 1. The minimum absolute atomic E-state index is 0.0709. The molecule has 2 heterocycles. The summed E-state index contributed by atoms with van der Waals surface area (Å²) in [6, 6.07) is 8.54. The van der Waals surface area contributed by atoms with Crippen LogP contribution in [0.2, 0.25) is 5.02 Å². The number of aromatic nitrogens is 1. The molecule has 25 heavy (non-hydrogen) atoms. The third kappa shape index (κ3) is 2.96. The summed E-state index contributed by atoms with van der Waals surface area (Å²) in [5.41, 5.74) is 3.40. The van der Waals surface area contributed by atoms with Crippen LogP contribution in [0.25, 0.3) is 11.8 Å². The number of nitrogens with one attached hydrogen (secondary N) is 1. The standard InChI is InChI=1S/C18H16ClN3O3/c1-10-8-12(9-15-16(23)20-18(25)21(3)17(15)24)11(2)22(10)14-6-4-13(19)5-7-14/h4-9H,1-3H3,(H,20,23,25)/b15-9+. The zero-order valence-electron chi connectivity index (χ0n) is 14.0. The van der Waals surface area contributed by atoms with E-state index in [0.29, 0.717) is 5.02 Å². The van der Waals surface area contributed by atoms with Gasteiger partial charge in [0, 0.05) is 29.1 Å². The van der Waals surface area contributed by atoms with Crippen LogP contribution in [0.3, 0.4) is 0 Å². The number of rotatable bonds is 2. The van der Waals surface area contributed by atoms with Gasteiger partial charge in [-0.05, 0) is 55.8 Å². The van der Waals surface area contributed by atoms with Gasteiger partial charge in [-0.25, -0.2) is 4.79 Å². The van der Waals surface area contributed by atoms with E-state index in [2.05, 4.69) is 5.32 Å². The number of carbonyl (C=O) groups is 3. The van der Waals surface area contributed by atoms with Crippen LogP contribution < -0.4 is 5.32 Å². The van der Waals surface area contributed by atoms with Crippen molar-refractivity contribution >= 4 is 35.5 Å². The summed E-state index contributed by atoms with van der Waals surface area (Å²) in [7, 11) is 1.33. The number of urea groups is 1. The van der Waals surface area contributed by atoms with Crippen molar-refractivity contribution in [2.24, 2.45) is 0 Å². The Balaban J connectivity index is 2.06. The molecule has 1 aromatic heterocycles. The Bertz CT molecular complexity index is 926. The Kier molecular flexibility index (Phi) is 4.22. The van der Waals surface area contributed by atoms with Crippen LogP contribution in [0.1, 0.15) is 17.0 Å². The number of halogens is 1. The maximum atomic E-state index is 12.2. The maximum Gasteiger partial charge on any atom is 0.331 e. The Morgan fingerprint density at radius 1 is 1.08 bits per heavy atom. The van der Waals surface area contributed by atoms with Crippen molar-refractivity contribution in [1.29, 1.82) is 0 Å². The van der Waals surface area contributed by atoms with Crippen molar-refractivity contribution in [3.05, 3.63) is 57.9 Å². The lowest BCUT2D eigenvalue weighted by atomic mass is 10.1. The first-order chi connectivity index (χ1) is 11.8. The molecule has 0 atom stereocenters. The predicted octanol–water partition coefficient (Wildman–Crippen LogP) is 2.84. The summed E-state index contributed by atoms with van der Waals surface area (Å²) in [5, 5.41) is 2.79. The van der Waals surface area contributed by atoms with Crippen molar-refractivity contribution < 1.29 is 14.4 Å². The summed E-state index contributed by atoms with van der Waals surface area (Å²) in [4.78, 5) is 36.6. The molecule has 7 heteroatoms. The van der Waals surface area contributed by atoms with E-state index >= 15 is 0 Å². The highest BCUT2D eigenvalue weighted by molar-refractivity contribution is 6.31. The third-order valence-electron chi connectivity index (χ3n) is 4.16. The molecular weight excluding hydrogens is 342 g/mol. The molecule has 0 unspecified atom stereocenters. The molecule has 0 aliphatic carbocycles. The molecule has 2 aromatic rings. The molecule has 4 amide bonds. The van der Waals surface area contributed by atoms with Crippen LogP contribution in [-0.2, 0) is 9.59 Å². The SMILES string of the molecule is Cc1cc(/C=C2\C(=O)NC(=O)N(C)C2=O)c(C)n1-c1ccc(Cl)cc1. The van der Waals surface area contributed by atoms with Crippen LogP contribution in [0.5, 0.6) is 0 Å². The third-order valence-corrected chi connectivity index (χ3v) is 4.41. The highest BCUT2D eigenvalue weighted by Crippen LogP contribution is 2.24. The van der Waals surface area contributed by atoms with Crippen LogP contribution >= 0.6 is 11.6 Å². The van der Waals surface area contributed by atoms with Gasteiger partial charge in [-0.3, -0.25) is 19.8 Å². The van der Waals surface area contributed by atoms with Crippen molar-refractivity contribution in [3.63, 3.8) is 0 Å². The van der Waals surface area contributed by atoms with E-state index in [9.17, 15) is 14.4 Å². The molecule has 128 valence electrons. The minimum atomic E-state index is -0.723. The molecule has 6 nitrogen and oxygen atoms in total. The van der Waals surface area contributed by atoms with Crippen LogP contribution in [0, 0.1) is 13.8 Å². The Morgan fingerprint density at radius 2 is 1.72 bits per heavy atom. The van der Waals surface area contributed by atoms with E-state index in [4.69, 9.17) is 11.6 Å². The predicted molar refractivity (Wildman–Crippen MR) is 94.5 cm³/mol. The number of hydrogen-bond donors (Lipinski definition) is 1. The molecule has 3 rings (SSSR count). The Labute approximate surface area is 149 Å². The molecule has 1 aliphatic heterocycles. The average molecular weight is 358 g/mol. The second-order valence-corrected chi connectivity index (χ2v) is 6.26. The topological polar surface area (TPSA) is 71.4 Å². The fraction of sp³-hybridized carbons (Fsp3) is 0.167. The van der Waals surface area contributed by atoms with Crippen molar-refractivity contribution in [2.75, 3.05) is 7.05 Å². The first kappa shape index (κ1) is 17.0. The lowest BCUT2D eigenvalue weighted by Gasteiger charge is -2.22. The zero-order chi connectivity index (χ0) is 18.3. The number of carbonyl (C=O) groups excluding carboxylic acids is 3. The molecule has 1 saturated heterocycles. The molecular formula is C18H16ClN3O3. The number of imide groups is 2. The van der Waals surface area contributed by atoms with Crippen molar-refractivity contribution in [1.82, 2.24) is 14.8 Å². The van der Waals surface area contributed by atoms with Gasteiger partial charge >= 0.3 is 6.03 Å². The number of hydrogen-bond acceptors (Lipinski definition) is 3. The van der Waals surface area contributed by atoms with Gasteiger partial charge < -0.3 is 4.57 Å². The van der Waals surface area contributed by atoms with Crippen LogP contribution in [0.4, 0.5) is 4.79 Å². The average Bonchev–Trinajstić information content (AvgIpc) is 2.84. The molecule has 0 bridgehead atoms. The lowest BCUT2D eigenvalue weighted by molar-refractivity contribution is -0.129. The fourth-order valence-corrected chi connectivity index (χ4v) is 2.95. The van der Waals surface area contributed by atoms with Gasteiger partial charge in [0.15, 0.2) is 0 Å². The number of benzene rings is 1. The fourth-order valence-electron chi connectivity index (χ4n) is 2.82. The van der Waals surface area contributed by atoms with E-state index in [-0.39, 0.29) is 5.57 Å². The zero-order valence-corrected chi connectivity index (χ0v) is 14.7. The van der Waals surface area contributed by atoms with E-state index in [0.717, 1.165) is 27.5 Å². The number of amides is 4. The second kappa shape index (κ2) is 6.22.